The topological polar surface area (TPSA) is 55.7 Å². The second kappa shape index (κ2) is 2.28. The van der Waals surface area contributed by atoms with Gasteiger partial charge in [-0.3, -0.25) is 10.1 Å². The van der Waals surface area contributed by atoms with Crippen molar-refractivity contribution in [1.82, 2.24) is 0 Å². The molecule has 0 amide bonds. The minimum absolute atomic E-state index is 0.133. The molecule has 1 aliphatic rings. The Morgan fingerprint density at radius 1 is 1.73 bits per heavy atom. The quantitative estimate of drug-likeness (QED) is 0.387. The summed E-state index contributed by atoms with van der Waals surface area (Å²) in [6.45, 7) is 0.706. The molecule has 1 unspecified atom stereocenters. The van der Waals surface area contributed by atoms with Gasteiger partial charge in [-0.15, -0.1) is 0 Å². The van der Waals surface area contributed by atoms with Gasteiger partial charge in [0.15, 0.2) is 0 Å². The highest BCUT2D eigenvalue weighted by molar-refractivity contribution is 7.15. The van der Waals surface area contributed by atoms with Crippen molar-refractivity contribution in [2.45, 2.75) is 6.10 Å². The van der Waals surface area contributed by atoms with Gasteiger partial charge in [0, 0.05) is 10.9 Å². The molecule has 0 spiro atoms. The van der Waals surface area contributed by atoms with Crippen LogP contribution in [0, 0.1) is 10.1 Å². The predicted molar refractivity (Wildman–Crippen MR) is 39.7 cm³/mol. The molecule has 0 N–H and O–H groups in total. The molecule has 0 radical (unpaired) electrons. The largest absolute Gasteiger partial charge is 0.367 e. The first-order chi connectivity index (χ1) is 5.27. The molecule has 5 heteroatoms. The zero-order chi connectivity index (χ0) is 7.84. The molecule has 2 heterocycles. The molecule has 1 aliphatic heterocycles. The van der Waals surface area contributed by atoms with Crippen LogP contribution in [0.25, 0.3) is 0 Å². The van der Waals surface area contributed by atoms with Gasteiger partial charge < -0.3 is 4.74 Å². The van der Waals surface area contributed by atoms with Crippen LogP contribution in [0.1, 0.15) is 11.0 Å². The molecule has 1 fully saturated rings. The summed E-state index contributed by atoms with van der Waals surface area (Å²) >= 11 is 1.19. The van der Waals surface area contributed by atoms with Gasteiger partial charge in [0.25, 0.3) is 0 Å². The van der Waals surface area contributed by atoms with Crippen molar-refractivity contribution in [3.63, 3.8) is 0 Å². The lowest BCUT2D eigenvalue weighted by Gasteiger charge is -1.81. The Bertz CT molecular complexity index is 292. The molecule has 4 nitrogen and oxygen atoms in total. The highest BCUT2D eigenvalue weighted by Gasteiger charge is 2.28. The summed E-state index contributed by atoms with van der Waals surface area (Å²) in [6, 6.07) is 3.27. The zero-order valence-corrected chi connectivity index (χ0v) is 6.34. The third-order valence-corrected chi connectivity index (χ3v) is 2.57. The Labute approximate surface area is 66.6 Å². The fourth-order valence-corrected chi connectivity index (χ4v) is 1.68. The van der Waals surface area contributed by atoms with E-state index < -0.39 is 0 Å². The van der Waals surface area contributed by atoms with Crippen molar-refractivity contribution in [1.29, 1.82) is 0 Å². The van der Waals surface area contributed by atoms with Crippen LogP contribution in [-0.2, 0) is 4.74 Å². The lowest BCUT2D eigenvalue weighted by Crippen LogP contribution is -1.80. The van der Waals surface area contributed by atoms with E-state index >= 15 is 0 Å². The number of epoxide rings is 1. The van der Waals surface area contributed by atoms with Crippen LogP contribution in [-0.4, -0.2) is 11.5 Å². The summed E-state index contributed by atoms with van der Waals surface area (Å²) in [5.41, 5.74) is 0. The highest BCUT2D eigenvalue weighted by atomic mass is 32.1. The molecule has 0 saturated carbocycles. The lowest BCUT2D eigenvalue weighted by atomic mass is 10.4. The van der Waals surface area contributed by atoms with Gasteiger partial charge in [-0.25, -0.2) is 0 Å². The van der Waals surface area contributed by atoms with Gasteiger partial charge in [0.1, 0.15) is 6.10 Å². The van der Waals surface area contributed by atoms with Crippen LogP contribution >= 0.6 is 11.3 Å². The number of nitro groups is 1. The second-order valence-corrected chi connectivity index (χ2v) is 3.35. The summed E-state index contributed by atoms with van der Waals surface area (Å²) in [5.74, 6) is 0. The number of hydrogen-bond acceptors (Lipinski definition) is 4. The van der Waals surface area contributed by atoms with E-state index in [0.29, 0.717) is 6.61 Å². The maximum Gasteiger partial charge on any atom is 0.324 e. The SMILES string of the molecule is O=[N+]([O-])c1ccc(C2CO2)s1. The number of hydrogen-bond donors (Lipinski definition) is 0. The molecule has 0 aromatic carbocycles. The number of ether oxygens (including phenoxy) is 1. The number of rotatable bonds is 2. The molecule has 1 aromatic heterocycles. The first-order valence-electron chi connectivity index (χ1n) is 3.13. The van der Waals surface area contributed by atoms with E-state index in [2.05, 4.69) is 0 Å². The molecule has 58 valence electrons. The Balaban J connectivity index is 2.25. The van der Waals surface area contributed by atoms with E-state index in [4.69, 9.17) is 4.74 Å². The first kappa shape index (κ1) is 6.75. The molecular formula is C6H5NO3S. The average molecular weight is 171 g/mol. The molecule has 2 rings (SSSR count). The lowest BCUT2D eigenvalue weighted by molar-refractivity contribution is -0.380. The summed E-state index contributed by atoms with van der Waals surface area (Å²) in [6.07, 6.45) is 0.133. The molecule has 0 bridgehead atoms. The molecule has 1 aromatic rings. The fourth-order valence-electron chi connectivity index (χ4n) is 0.826. The van der Waals surface area contributed by atoms with Crippen LogP contribution in [0.5, 0.6) is 0 Å². The third-order valence-electron chi connectivity index (χ3n) is 1.44. The van der Waals surface area contributed by atoms with Gasteiger partial charge in [-0.2, -0.15) is 0 Å². The van der Waals surface area contributed by atoms with Gasteiger partial charge in [0.2, 0.25) is 0 Å². The molecule has 1 atom stereocenters. The second-order valence-electron chi connectivity index (χ2n) is 2.26. The maximum atomic E-state index is 10.2. The van der Waals surface area contributed by atoms with Crippen molar-refractivity contribution < 1.29 is 9.66 Å². The Morgan fingerprint density at radius 2 is 2.45 bits per heavy atom. The highest BCUT2D eigenvalue weighted by Crippen LogP contribution is 2.37. The smallest absolute Gasteiger partial charge is 0.324 e. The molecule has 0 aliphatic carbocycles. The summed E-state index contributed by atoms with van der Waals surface area (Å²) in [4.78, 5) is 10.8. The van der Waals surface area contributed by atoms with Crippen LogP contribution in [0.4, 0.5) is 5.00 Å². The summed E-state index contributed by atoms with van der Waals surface area (Å²) in [5, 5.41) is 10.4. The van der Waals surface area contributed by atoms with Gasteiger partial charge in [-0.05, 0) is 6.07 Å². The van der Waals surface area contributed by atoms with Crippen molar-refractivity contribution in [3.05, 3.63) is 27.1 Å². The third kappa shape index (κ3) is 1.24. The van der Waals surface area contributed by atoms with E-state index in [-0.39, 0.29) is 16.0 Å². The van der Waals surface area contributed by atoms with Crippen LogP contribution in [0.3, 0.4) is 0 Å². The predicted octanol–water partition coefficient (Wildman–Crippen LogP) is 1.73. The summed E-state index contributed by atoms with van der Waals surface area (Å²) < 4.78 is 4.98. The monoisotopic (exact) mass is 171 g/mol. The molecule has 11 heavy (non-hydrogen) atoms. The van der Waals surface area contributed by atoms with E-state index in [1.807, 2.05) is 0 Å². The van der Waals surface area contributed by atoms with E-state index in [9.17, 15) is 10.1 Å². The maximum absolute atomic E-state index is 10.2. The Morgan fingerprint density at radius 3 is 2.91 bits per heavy atom. The zero-order valence-electron chi connectivity index (χ0n) is 5.52. The minimum atomic E-state index is -0.378. The van der Waals surface area contributed by atoms with E-state index in [1.54, 1.807) is 6.07 Å². The van der Waals surface area contributed by atoms with E-state index in [1.165, 1.54) is 17.4 Å². The van der Waals surface area contributed by atoms with Crippen molar-refractivity contribution >= 4 is 16.3 Å². The normalized spacial score (nSPS) is 21.6. The standard InChI is InChI=1S/C6H5NO3S/c8-7(9)6-2-1-5(11-6)4-3-10-4/h1-2,4H,3H2. The fraction of sp³-hybridized carbons (Fsp3) is 0.333. The first-order valence-corrected chi connectivity index (χ1v) is 3.95. The van der Waals surface area contributed by atoms with Gasteiger partial charge in [-0.1, -0.05) is 11.3 Å². The van der Waals surface area contributed by atoms with Crippen LogP contribution < -0.4 is 0 Å². The van der Waals surface area contributed by atoms with Crippen LogP contribution in [0.15, 0.2) is 12.1 Å². The molecule has 1 saturated heterocycles. The number of nitrogens with zero attached hydrogens (tertiary/aromatic N) is 1. The van der Waals surface area contributed by atoms with Gasteiger partial charge in [0.05, 0.1) is 11.5 Å². The summed E-state index contributed by atoms with van der Waals surface area (Å²) in [7, 11) is 0. The van der Waals surface area contributed by atoms with Crippen molar-refractivity contribution in [2.75, 3.05) is 6.61 Å². The Kier molecular flexibility index (Phi) is 1.40. The van der Waals surface area contributed by atoms with Crippen LogP contribution in [0.2, 0.25) is 0 Å². The van der Waals surface area contributed by atoms with Crippen molar-refractivity contribution in [3.8, 4) is 0 Å². The number of thiophene rings is 1. The average Bonchev–Trinajstić information content (AvgIpc) is 2.68. The van der Waals surface area contributed by atoms with E-state index in [0.717, 1.165) is 4.88 Å². The molecular weight excluding hydrogens is 166 g/mol. The Hall–Kier alpha value is -0.940. The van der Waals surface area contributed by atoms with Gasteiger partial charge >= 0.3 is 5.00 Å². The van der Waals surface area contributed by atoms with Crippen molar-refractivity contribution in [2.24, 2.45) is 0 Å². The minimum Gasteiger partial charge on any atom is -0.367 e.